The quantitative estimate of drug-likeness (QED) is 0.472. The van der Waals surface area contributed by atoms with Crippen molar-refractivity contribution in [3.8, 4) is 5.75 Å². The summed E-state index contributed by atoms with van der Waals surface area (Å²) in [6, 6.07) is 24.1. The summed E-state index contributed by atoms with van der Waals surface area (Å²) in [5.41, 5.74) is 6.76. The summed E-state index contributed by atoms with van der Waals surface area (Å²) in [6.45, 7) is 4.08. The van der Waals surface area contributed by atoms with Crippen molar-refractivity contribution in [2.75, 3.05) is 12.0 Å². The van der Waals surface area contributed by atoms with E-state index in [0.29, 0.717) is 12.8 Å². The van der Waals surface area contributed by atoms with Crippen LogP contribution >= 0.6 is 0 Å². The molecule has 1 heterocycles. The topological polar surface area (TPSA) is 46.6 Å². The third kappa shape index (κ3) is 4.05. The second-order valence-electron chi connectivity index (χ2n) is 9.41. The van der Waals surface area contributed by atoms with Gasteiger partial charge in [0.1, 0.15) is 5.75 Å². The summed E-state index contributed by atoms with van der Waals surface area (Å²) in [5.74, 6) is 0.679. The van der Waals surface area contributed by atoms with Gasteiger partial charge >= 0.3 is 0 Å². The monoisotopic (exact) mass is 451 g/mol. The number of amides is 1. The Labute approximate surface area is 200 Å². The lowest BCUT2D eigenvalue weighted by Gasteiger charge is -2.40. The molecule has 172 valence electrons. The molecule has 0 spiro atoms. The van der Waals surface area contributed by atoms with Crippen molar-refractivity contribution < 1.29 is 14.3 Å². The van der Waals surface area contributed by atoms with Crippen molar-refractivity contribution in [2.24, 2.45) is 0 Å². The number of hydrogen-bond donors (Lipinski definition) is 0. The van der Waals surface area contributed by atoms with Crippen molar-refractivity contribution in [3.63, 3.8) is 0 Å². The van der Waals surface area contributed by atoms with E-state index in [9.17, 15) is 9.59 Å². The van der Waals surface area contributed by atoms with Crippen LogP contribution in [0.25, 0.3) is 0 Å². The molecule has 3 aromatic rings. The third-order valence-electron chi connectivity index (χ3n) is 6.96. The molecule has 2 unspecified atom stereocenters. The Bertz CT molecular complexity index is 1270. The van der Waals surface area contributed by atoms with Crippen LogP contribution in [0.1, 0.15) is 53.4 Å². The molecule has 2 aliphatic rings. The van der Waals surface area contributed by atoms with Crippen LogP contribution in [0, 0.1) is 13.8 Å². The van der Waals surface area contributed by atoms with Gasteiger partial charge in [-0.3, -0.25) is 14.5 Å². The number of methoxy groups -OCH3 is 1. The Kier molecular flexibility index (Phi) is 5.82. The lowest BCUT2D eigenvalue weighted by atomic mass is 9.72. The van der Waals surface area contributed by atoms with Gasteiger partial charge in [-0.15, -0.1) is 0 Å². The van der Waals surface area contributed by atoms with Crippen molar-refractivity contribution >= 4 is 17.4 Å². The van der Waals surface area contributed by atoms with E-state index in [2.05, 4.69) is 18.2 Å². The summed E-state index contributed by atoms with van der Waals surface area (Å²) < 4.78 is 5.43. The molecule has 1 aliphatic carbocycles. The molecule has 0 saturated carbocycles. The average molecular weight is 452 g/mol. The Morgan fingerprint density at radius 3 is 2.21 bits per heavy atom. The van der Waals surface area contributed by atoms with E-state index in [1.54, 1.807) is 7.11 Å². The maximum Gasteiger partial charge on any atom is 0.232 e. The normalized spacial score (nSPS) is 20.4. The number of ether oxygens (including phenoxy) is 1. The molecular formula is C30H29NO3. The van der Waals surface area contributed by atoms with Gasteiger partial charge in [0, 0.05) is 35.7 Å². The van der Waals surface area contributed by atoms with Crippen LogP contribution in [0.5, 0.6) is 5.75 Å². The van der Waals surface area contributed by atoms with Gasteiger partial charge in [0.15, 0.2) is 5.78 Å². The molecule has 1 aliphatic heterocycles. The molecule has 34 heavy (non-hydrogen) atoms. The smallest absolute Gasteiger partial charge is 0.232 e. The van der Waals surface area contributed by atoms with Gasteiger partial charge < -0.3 is 4.74 Å². The van der Waals surface area contributed by atoms with E-state index >= 15 is 0 Å². The summed E-state index contributed by atoms with van der Waals surface area (Å²) in [5, 5.41) is 0. The van der Waals surface area contributed by atoms with E-state index in [1.807, 2.05) is 73.3 Å². The van der Waals surface area contributed by atoms with Crippen LogP contribution in [-0.2, 0) is 9.59 Å². The first kappa shape index (κ1) is 22.1. The molecular weight excluding hydrogens is 422 g/mol. The highest BCUT2D eigenvalue weighted by Crippen LogP contribution is 2.47. The highest BCUT2D eigenvalue weighted by Gasteiger charge is 2.42. The summed E-state index contributed by atoms with van der Waals surface area (Å²) in [4.78, 5) is 29.3. The van der Waals surface area contributed by atoms with Crippen molar-refractivity contribution in [3.05, 3.63) is 106 Å². The molecule has 4 nitrogen and oxygen atoms in total. The van der Waals surface area contributed by atoms with Crippen molar-refractivity contribution in [2.45, 2.75) is 44.9 Å². The number of nitrogens with zero attached hydrogens (tertiary/aromatic N) is 1. The van der Waals surface area contributed by atoms with Crippen molar-refractivity contribution in [1.82, 2.24) is 0 Å². The molecule has 0 bridgehead atoms. The molecule has 2 atom stereocenters. The second-order valence-corrected chi connectivity index (χ2v) is 9.41. The average Bonchev–Trinajstić information content (AvgIpc) is 2.83. The van der Waals surface area contributed by atoms with Gasteiger partial charge in [-0.05, 0) is 72.7 Å². The van der Waals surface area contributed by atoms with Gasteiger partial charge in [-0.1, -0.05) is 48.5 Å². The van der Waals surface area contributed by atoms with Gasteiger partial charge in [0.2, 0.25) is 5.91 Å². The van der Waals surface area contributed by atoms with Crippen LogP contribution in [0.2, 0.25) is 0 Å². The standard InChI is InChI=1S/C30H29NO3/c1-19-12-20(2)14-24(13-19)31-27-16-23(21-8-5-4-6-9-21)17-28(32)30(27)26(18-29(31)33)22-10-7-11-25(15-22)34-3/h4-15,23,26H,16-18H2,1-3H3. The maximum atomic E-state index is 13.7. The van der Waals surface area contributed by atoms with Crippen LogP contribution in [0.15, 0.2) is 84.1 Å². The van der Waals surface area contributed by atoms with Gasteiger partial charge in [-0.25, -0.2) is 0 Å². The van der Waals surface area contributed by atoms with Crippen LogP contribution in [0.4, 0.5) is 5.69 Å². The Balaban J connectivity index is 1.67. The lowest BCUT2D eigenvalue weighted by molar-refractivity contribution is -0.120. The number of benzene rings is 3. The van der Waals surface area contributed by atoms with Crippen LogP contribution in [-0.4, -0.2) is 18.8 Å². The van der Waals surface area contributed by atoms with Crippen LogP contribution in [0.3, 0.4) is 0 Å². The number of allylic oxidation sites excluding steroid dienone is 2. The zero-order valence-electron chi connectivity index (χ0n) is 19.9. The number of rotatable bonds is 4. The Hall–Kier alpha value is -3.66. The highest BCUT2D eigenvalue weighted by atomic mass is 16.5. The molecule has 4 heteroatoms. The molecule has 0 N–H and O–H groups in total. The Morgan fingerprint density at radius 2 is 1.50 bits per heavy atom. The maximum absolute atomic E-state index is 13.7. The van der Waals surface area contributed by atoms with E-state index in [1.165, 1.54) is 0 Å². The van der Waals surface area contributed by atoms with E-state index < -0.39 is 0 Å². The lowest BCUT2D eigenvalue weighted by Crippen LogP contribution is -2.41. The van der Waals surface area contributed by atoms with Gasteiger partial charge in [0.25, 0.3) is 0 Å². The number of Topliss-reactive ketones (excluding diaryl/α,β-unsaturated/α-hetero) is 1. The number of hydrogen-bond acceptors (Lipinski definition) is 3. The first-order chi connectivity index (χ1) is 16.4. The SMILES string of the molecule is COc1cccc(C2CC(=O)N(c3cc(C)cc(C)c3)C3=C2C(=O)CC(c2ccccc2)C3)c1. The largest absolute Gasteiger partial charge is 0.497 e. The minimum atomic E-state index is -0.260. The summed E-state index contributed by atoms with van der Waals surface area (Å²) in [7, 11) is 1.63. The zero-order valence-corrected chi connectivity index (χ0v) is 19.9. The predicted octanol–water partition coefficient (Wildman–Crippen LogP) is 6.23. The zero-order chi connectivity index (χ0) is 23.8. The minimum Gasteiger partial charge on any atom is -0.497 e. The first-order valence-electron chi connectivity index (χ1n) is 11.8. The minimum absolute atomic E-state index is 0.0260. The fourth-order valence-electron chi connectivity index (χ4n) is 5.52. The molecule has 0 fully saturated rings. The summed E-state index contributed by atoms with van der Waals surface area (Å²) in [6.07, 6.45) is 1.38. The summed E-state index contributed by atoms with van der Waals surface area (Å²) >= 11 is 0. The van der Waals surface area contributed by atoms with Crippen LogP contribution < -0.4 is 9.64 Å². The van der Waals surface area contributed by atoms with Gasteiger partial charge in [0.05, 0.1) is 7.11 Å². The molecule has 0 aromatic heterocycles. The first-order valence-corrected chi connectivity index (χ1v) is 11.8. The van der Waals surface area contributed by atoms with E-state index in [-0.39, 0.29) is 29.9 Å². The molecule has 0 saturated heterocycles. The number of anilines is 1. The number of ketones is 1. The highest BCUT2D eigenvalue weighted by molar-refractivity contribution is 6.08. The third-order valence-corrected chi connectivity index (χ3v) is 6.96. The fourth-order valence-corrected chi connectivity index (χ4v) is 5.52. The second kappa shape index (κ2) is 8.94. The van der Waals surface area contributed by atoms with E-state index in [0.717, 1.165) is 45.0 Å². The molecule has 1 amide bonds. The Morgan fingerprint density at radius 1 is 0.794 bits per heavy atom. The molecule has 3 aromatic carbocycles. The number of aryl methyl sites for hydroxylation is 2. The number of carbonyl (C=O) groups excluding carboxylic acids is 2. The predicted molar refractivity (Wildman–Crippen MR) is 134 cm³/mol. The molecule has 5 rings (SSSR count). The fraction of sp³-hybridized carbons (Fsp3) is 0.267. The number of carbonyl (C=O) groups is 2. The van der Waals surface area contributed by atoms with E-state index in [4.69, 9.17) is 4.74 Å². The van der Waals surface area contributed by atoms with Crippen molar-refractivity contribution in [1.29, 1.82) is 0 Å². The van der Waals surface area contributed by atoms with Gasteiger partial charge in [-0.2, -0.15) is 0 Å². The molecule has 0 radical (unpaired) electrons.